The Bertz CT molecular complexity index is 447. The van der Waals surface area contributed by atoms with Gasteiger partial charge >= 0.3 is 12.2 Å². The van der Waals surface area contributed by atoms with Crippen LogP contribution in [0, 0.1) is 0 Å². The summed E-state index contributed by atoms with van der Waals surface area (Å²) in [5.74, 6) is 0. The second-order valence-corrected chi connectivity index (χ2v) is 3.43. The van der Waals surface area contributed by atoms with Gasteiger partial charge in [-0.1, -0.05) is 6.07 Å². The molecule has 0 radical (unpaired) electrons. The fourth-order valence-corrected chi connectivity index (χ4v) is 1.55. The van der Waals surface area contributed by atoms with Gasteiger partial charge in [0.2, 0.25) is 0 Å². The number of nitrogens with zero attached hydrogens (tertiary/aromatic N) is 1. The van der Waals surface area contributed by atoms with Crippen LogP contribution in [0.1, 0.15) is 0 Å². The number of rotatable bonds is 2. The highest BCUT2D eigenvalue weighted by molar-refractivity contribution is 5.91. The Hall–Kier alpha value is -2.24. The number of nitrogens with one attached hydrogen (secondary N) is 1. The van der Waals surface area contributed by atoms with E-state index in [1.165, 1.54) is 12.0 Å². The van der Waals surface area contributed by atoms with Crippen LogP contribution in [0.2, 0.25) is 0 Å². The number of ether oxygens (including phenoxy) is 2. The predicted molar refractivity (Wildman–Crippen MR) is 61.2 cm³/mol. The Morgan fingerprint density at radius 3 is 3.00 bits per heavy atom. The van der Waals surface area contributed by atoms with Gasteiger partial charge in [0.05, 0.1) is 13.7 Å². The monoisotopic (exact) mass is 236 g/mol. The summed E-state index contributed by atoms with van der Waals surface area (Å²) in [4.78, 5) is 23.9. The van der Waals surface area contributed by atoms with Crippen molar-refractivity contribution in [3.8, 4) is 0 Å². The molecule has 17 heavy (non-hydrogen) atoms. The summed E-state index contributed by atoms with van der Waals surface area (Å²) in [5.41, 5.74) is 1.25. The molecule has 0 spiro atoms. The minimum absolute atomic E-state index is 0.375. The summed E-state index contributed by atoms with van der Waals surface area (Å²) >= 11 is 0. The second-order valence-electron chi connectivity index (χ2n) is 3.43. The molecule has 2 amide bonds. The average Bonchev–Trinajstić information content (AvgIpc) is 2.75. The van der Waals surface area contributed by atoms with Crippen LogP contribution in [0.5, 0.6) is 0 Å². The van der Waals surface area contributed by atoms with Crippen molar-refractivity contribution >= 4 is 23.6 Å². The lowest BCUT2D eigenvalue weighted by Gasteiger charge is -2.13. The maximum absolute atomic E-state index is 11.4. The molecular formula is C11H12N2O4. The molecule has 6 nitrogen and oxygen atoms in total. The van der Waals surface area contributed by atoms with Crippen LogP contribution >= 0.6 is 0 Å². The third-order valence-electron chi connectivity index (χ3n) is 2.35. The molecule has 2 rings (SSSR count). The Labute approximate surface area is 98.1 Å². The number of carbonyl (C=O) groups excluding carboxylic acids is 2. The molecule has 1 fully saturated rings. The minimum Gasteiger partial charge on any atom is -0.453 e. The predicted octanol–water partition coefficient (Wildman–Crippen LogP) is 1.82. The fraction of sp³-hybridized carbons (Fsp3) is 0.273. The van der Waals surface area contributed by atoms with E-state index >= 15 is 0 Å². The summed E-state index contributed by atoms with van der Waals surface area (Å²) in [6, 6.07) is 6.91. The van der Waals surface area contributed by atoms with E-state index in [0.29, 0.717) is 24.5 Å². The van der Waals surface area contributed by atoms with E-state index in [4.69, 9.17) is 4.74 Å². The Morgan fingerprint density at radius 1 is 1.53 bits per heavy atom. The number of carbonyl (C=O) groups is 2. The molecule has 90 valence electrons. The van der Waals surface area contributed by atoms with Gasteiger partial charge in [-0.15, -0.1) is 0 Å². The Kier molecular flexibility index (Phi) is 3.13. The van der Waals surface area contributed by atoms with Gasteiger partial charge in [-0.25, -0.2) is 9.59 Å². The standard InChI is InChI=1S/C11H12N2O4/c1-16-10(14)12-8-3-2-4-9(7-8)13-5-6-17-11(13)15/h2-4,7H,5-6H2,1H3,(H,12,14). The minimum atomic E-state index is -0.550. The van der Waals surface area contributed by atoms with Gasteiger partial charge in [-0.2, -0.15) is 0 Å². The summed E-state index contributed by atoms with van der Waals surface area (Å²) < 4.78 is 9.32. The zero-order valence-corrected chi connectivity index (χ0v) is 9.30. The average molecular weight is 236 g/mol. The third-order valence-corrected chi connectivity index (χ3v) is 2.35. The maximum atomic E-state index is 11.4. The number of anilines is 2. The topological polar surface area (TPSA) is 67.9 Å². The first kappa shape index (κ1) is 11.3. The van der Waals surface area contributed by atoms with Gasteiger partial charge in [0.25, 0.3) is 0 Å². The van der Waals surface area contributed by atoms with E-state index < -0.39 is 6.09 Å². The molecule has 0 atom stereocenters. The Balaban J connectivity index is 2.16. The molecule has 0 unspecified atom stereocenters. The van der Waals surface area contributed by atoms with Crippen molar-refractivity contribution in [2.75, 3.05) is 30.5 Å². The summed E-state index contributed by atoms with van der Waals surface area (Å²) in [7, 11) is 1.29. The zero-order chi connectivity index (χ0) is 12.3. The van der Waals surface area contributed by atoms with E-state index in [0.717, 1.165) is 0 Å². The molecule has 0 aromatic heterocycles. The molecule has 1 aliphatic heterocycles. The highest BCUT2D eigenvalue weighted by Crippen LogP contribution is 2.22. The number of cyclic esters (lactones) is 1. The normalized spacial score (nSPS) is 14.4. The van der Waals surface area contributed by atoms with Gasteiger partial charge in [0, 0.05) is 11.4 Å². The number of hydrogen-bond donors (Lipinski definition) is 1. The van der Waals surface area contributed by atoms with Crippen LogP contribution in [0.3, 0.4) is 0 Å². The van der Waals surface area contributed by atoms with E-state index in [1.807, 2.05) is 0 Å². The molecule has 1 aliphatic rings. The Morgan fingerprint density at radius 2 is 2.35 bits per heavy atom. The van der Waals surface area contributed by atoms with Crippen LogP contribution in [0.25, 0.3) is 0 Å². The van der Waals surface area contributed by atoms with E-state index in [9.17, 15) is 9.59 Å². The van der Waals surface area contributed by atoms with Crippen molar-refractivity contribution in [2.24, 2.45) is 0 Å². The van der Waals surface area contributed by atoms with Gasteiger partial charge in [0.15, 0.2) is 0 Å². The van der Waals surface area contributed by atoms with Crippen molar-refractivity contribution in [3.63, 3.8) is 0 Å². The summed E-state index contributed by atoms with van der Waals surface area (Å²) in [5, 5.41) is 2.53. The van der Waals surface area contributed by atoms with Crippen molar-refractivity contribution in [1.29, 1.82) is 0 Å². The molecule has 1 aromatic carbocycles. The lowest BCUT2D eigenvalue weighted by Crippen LogP contribution is -2.23. The number of hydrogen-bond acceptors (Lipinski definition) is 4. The maximum Gasteiger partial charge on any atom is 0.414 e. The highest BCUT2D eigenvalue weighted by Gasteiger charge is 2.23. The van der Waals surface area contributed by atoms with Crippen molar-refractivity contribution in [3.05, 3.63) is 24.3 Å². The van der Waals surface area contributed by atoms with Crippen molar-refractivity contribution in [2.45, 2.75) is 0 Å². The van der Waals surface area contributed by atoms with Crippen LogP contribution in [0.4, 0.5) is 21.0 Å². The van der Waals surface area contributed by atoms with Crippen LogP contribution in [-0.4, -0.2) is 32.4 Å². The zero-order valence-electron chi connectivity index (χ0n) is 9.30. The van der Waals surface area contributed by atoms with Gasteiger partial charge in [-0.05, 0) is 18.2 Å². The van der Waals surface area contributed by atoms with Crippen molar-refractivity contribution in [1.82, 2.24) is 0 Å². The van der Waals surface area contributed by atoms with Crippen LogP contribution < -0.4 is 10.2 Å². The summed E-state index contributed by atoms with van der Waals surface area (Å²) in [6.07, 6.45) is -0.925. The molecule has 0 aliphatic carbocycles. The molecule has 0 saturated carbocycles. The first-order valence-corrected chi connectivity index (χ1v) is 5.10. The lowest BCUT2D eigenvalue weighted by molar-refractivity contribution is 0.181. The smallest absolute Gasteiger partial charge is 0.414 e. The molecule has 1 N–H and O–H groups in total. The van der Waals surface area contributed by atoms with E-state index in [1.54, 1.807) is 24.3 Å². The molecule has 1 aromatic rings. The SMILES string of the molecule is COC(=O)Nc1cccc(N2CCOC2=O)c1. The number of benzene rings is 1. The van der Waals surface area contributed by atoms with E-state index in [2.05, 4.69) is 10.1 Å². The highest BCUT2D eigenvalue weighted by atomic mass is 16.6. The molecular weight excluding hydrogens is 224 g/mol. The molecule has 0 bridgehead atoms. The van der Waals surface area contributed by atoms with Crippen molar-refractivity contribution < 1.29 is 19.1 Å². The number of methoxy groups -OCH3 is 1. The fourth-order valence-electron chi connectivity index (χ4n) is 1.55. The molecule has 6 heteroatoms. The first-order valence-electron chi connectivity index (χ1n) is 5.10. The summed E-state index contributed by atoms with van der Waals surface area (Å²) in [6.45, 7) is 0.897. The van der Waals surface area contributed by atoms with Gasteiger partial charge in [-0.3, -0.25) is 10.2 Å². The van der Waals surface area contributed by atoms with Crippen LogP contribution in [-0.2, 0) is 9.47 Å². The third kappa shape index (κ3) is 2.47. The lowest BCUT2D eigenvalue weighted by atomic mass is 10.2. The second kappa shape index (κ2) is 4.73. The van der Waals surface area contributed by atoms with Crippen LogP contribution in [0.15, 0.2) is 24.3 Å². The van der Waals surface area contributed by atoms with E-state index in [-0.39, 0.29) is 6.09 Å². The first-order chi connectivity index (χ1) is 8.20. The quantitative estimate of drug-likeness (QED) is 0.850. The molecule has 1 heterocycles. The number of amides is 2. The largest absolute Gasteiger partial charge is 0.453 e. The molecule has 1 saturated heterocycles. The van der Waals surface area contributed by atoms with Gasteiger partial charge < -0.3 is 9.47 Å². The van der Waals surface area contributed by atoms with Gasteiger partial charge in [0.1, 0.15) is 6.61 Å².